The first-order chi connectivity index (χ1) is 22.7. The van der Waals surface area contributed by atoms with Gasteiger partial charge in [-0.15, -0.1) is 0 Å². The SMILES string of the molecule is CCCCC/C=C\C/C=C\CCCCCCCCOCC(CO)OC(=O)CCCCCCCCCCCCCCCCCCCC. The molecule has 0 saturated heterocycles. The molecule has 1 N–H and O–H groups in total. The van der Waals surface area contributed by atoms with Crippen molar-refractivity contribution in [3.63, 3.8) is 0 Å². The van der Waals surface area contributed by atoms with Gasteiger partial charge in [0.1, 0.15) is 6.10 Å². The fourth-order valence-electron chi connectivity index (χ4n) is 5.95. The van der Waals surface area contributed by atoms with Crippen LogP contribution in [0, 0.1) is 0 Å². The Hall–Kier alpha value is -1.13. The van der Waals surface area contributed by atoms with E-state index in [9.17, 15) is 9.90 Å². The summed E-state index contributed by atoms with van der Waals surface area (Å²) in [6.45, 7) is 5.33. The number of hydrogen-bond donors (Lipinski definition) is 1. The number of unbranched alkanes of at least 4 members (excludes halogenated alkanes) is 26. The highest BCUT2D eigenvalue weighted by Gasteiger charge is 2.13. The van der Waals surface area contributed by atoms with Gasteiger partial charge in [-0.2, -0.15) is 0 Å². The predicted molar refractivity (Wildman–Crippen MR) is 201 cm³/mol. The van der Waals surface area contributed by atoms with Crippen molar-refractivity contribution in [2.24, 2.45) is 0 Å². The van der Waals surface area contributed by atoms with Crippen molar-refractivity contribution >= 4 is 5.97 Å². The van der Waals surface area contributed by atoms with Crippen LogP contribution in [0.15, 0.2) is 24.3 Å². The van der Waals surface area contributed by atoms with Crippen LogP contribution >= 0.6 is 0 Å². The van der Waals surface area contributed by atoms with Gasteiger partial charge in [0, 0.05) is 13.0 Å². The van der Waals surface area contributed by atoms with E-state index in [4.69, 9.17) is 9.47 Å². The molecule has 0 heterocycles. The van der Waals surface area contributed by atoms with E-state index in [0.717, 1.165) is 25.7 Å². The summed E-state index contributed by atoms with van der Waals surface area (Å²) in [7, 11) is 0. The van der Waals surface area contributed by atoms with Crippen LogP contribution in [0.25, 0.3) is 0 Å². The molecule has 0 aliphatic carbocycles. The van der Waals surface area contributed by atoms with E-state index in [1.807, 2.05) is 0 Å². The lowest BCUT2D eigenvalue weighted by atomic mass is 10.0. The highest BCUT2D eigenvalue weighted by atomic mass is 16.6. The van der Waals surface area contributed by atoms with Crippen molar-refractivity contribution < 1.29 is 19.4 Å². The van der Waals surface area contributed by atoms with Gasteiger partial charge in [-0.3, -0.25) is 4.79 Å². The Labute approximate surface area is 288 Å². The normalized spacial score (nSPS) is 12.5. The zero-order valence-electron chi connectivity index (χ0n) is 31.1. The third kappa shape index (κ3) is 37.3. The third-order valence-corrected chi connectivity index (χ3v) is 9.03. The summed E-state index contributed by atoms with van der Waals surface area (Å²) >= 11 is 0. The van der Waals surface area contributed by atoms with E-state index in [-0.39, 0.29) is 12.6 Å². The molecule has 1 atom stereocenters. The van der Waals surface area contributed by atoms with E-state index in [0.29, 0.717) is 19.6 Å². The third-order valence-electron chi connectivity index (χ3n) is 9.03. The van der Waals surface area contributed by atoms with E-state index in [1.54, 1.807) is 0 Å². The van der Waals surface area contributed by atoms with Crippen LogP contribution in [0.1, 0.15) is 213 Å². The first-order valence-electron chi connectivity index (χ1n) is 20.4. The Kier molecular flexibility index (Phi) is 39.1. The Bertz CT molecular complexity index is 644. The molecular weight excluding hydrogens is 568 g/mol. The van der Waals surface area contributed by atoms with Crippen LogP contribution in [0.3, 0.4) is 0 Å². The van der Waals surface area contributed by atoms with E-state index in [2.05, 4.69) is 38.2 Å². The number of aliphatic hydroxyl groups excluding tert-OH is 1. The maximum atomic E-state index is 12.2. The molecule has 0 saturated carbocycles. The Morgan fingerprint density at radius 3 is 1.39 bits per heavy atom. The number of carbonyl (C=O) groups is 1. The van der Waals surface area contributed by atoms with Crippen LogP contribution in [0.4, 0.5) is 0 Å². The predicted octanol–water partition coefficient (Wildman–Crippen LogP) is 13.2. The lowest BCUT2D eigenvalue weighted by Gasteiger charge is -2.15. The summed E-state index contributed by atoms with van der Waals surface area (Å²) in [5.74, 6) is -0.201. The molecule has 0 spiro atoms. The standard InChI is InChI=1S/C42H80O4/c1-3-5-7-9-11-13-15-17-19-21-22-23-25-27-29-31-33-35-37-42(44)46-41(39-43)40-45-38-36-34-32-30-28-26-24-20-18-16-14-12-10-8-6-4-2/h12,14,18,20,41,43H,3-11,13,15-17,19,21-40H2,1-2H3/b14-12-,20-18-. The number of rotatable bonds is 38. The fourth-order valence-corrected chi connectivity index (χ4v) is 5.95. The van der Waals surface area contributed by atoms with Gasteiger partial charge in [0.25, 0.3) is 0 Å². The molecule has 0 radical (unpaired) electrons. The molecule has 0 amide bonds. The van der Waals surface area contributed by atoms with Gasteiger partial charge < -0.3 is 14.6 Å². The number of carbonyl (C=O) groups excluding carboxylic acids is 1. The molecule has 0 fully saturated rings. The van der Waals surface area contributed by atoms with Crippen LogP contribution < -0.4 is 0 Å². The fraction of sp³-hybridized carbons (Fsp3) is 0.881. The zero-order valence-corrected chi connectivity index (χ0v) is 31.1. The number of aliphatic hydroxyl groups is 1. The van der Waals surface area contributed by atoms with E-state index >= 15 is 0 Å². The van der Waals surface area contributed by atoms with E-state index < -0.39 is 6.10 Å². The summed E-state index contributed by atoms with van der Waals surface area (Å²) in [4.78, 5) is 12.2. The zero-order chi connectivity index (χ0) is 33.4. The van der Waals surface area contributed by atoms with Crippen LogP contribution in [0.2, 0.25) is 0 Å². The smallest absolute Gasteiger partial charge is 0.306 e. The van der Waals surface area contributed by atoms with Gasteiger partial charge in [-0.1, -0.05) is 186 Å². The first-order valence-corrected chi connectivity index (χ1v) is 20.4. The summed E-state index contributed by atoms with van der Waals surface area (Å²) in [6, 6.07) is 0. The summed E-state index contributed by atoms with van der Waals surface area (Å²) in [5, 5.41) is 9.58. The number of esters is 1. The Morgan fingerprint density at radius 1 is 0.522 bits per heavy atom. The molecule has 0 rings (SSSR count). The minimum absolute atomic E-state index is 0.172. The van der Waals surface area contributed by atoms with Crippen molar-refractivity contribution in [1.29, 1.82) is 0 Å². The Balaban J connectivity index is 3.41. The van der Waals surface area contributed by atoms with Crippen molar-refractivity contribution in [2.45, 2.75) is 219 Å². The molecule has 0 aromatic carbocycles. The van der Waals surface area contributed by atoms with Crippen molar-refractivity contribution in [1.82, 2.24) is 0 Å². The first kappa shape index (κ1) is 44.9. The summed E-state index contributed by atoms with van der Waals surface area (Å²) in [5.41, 5.74) is 0. The van der Waals surface area contributed by atoms with Gasteiger partial charge in [0.2, 0.25) is 0 Å². The molecule has 46 heavy (non-hydrogen) atoms. The average Bonchev–Trinajstić information content (AvgIpc) is 3.06. The monoisotopic (exact) mass is 649 g/mol. The highest BCUT2D eigenvalue weighted by molar-refractivity contribution is 5.69. The summed E-state index contributed by atoms with van der Waals surface area (Å²) in [6.07, 6.45) is 48.0. The van der Waals surface area contributed by atoms with Crippen LogP contribution in [0.5, 0.6) is 0 Å². The number of ether oxygens (including phenoxy) is 2. The largest absolute Gasteiger partial charge is 0.457 e. The maximum absolute atomic E-state index is 12.2. The van der Waals surface area contributed by atoms with Crippen LogP contribution in [-0.4, -0.2) is 37.0 Å². The quantitative estimate of drug-likeness (QED) is 0.0411. The maximum Gasteiger partial charge on any atom is 0.306 e. The average molecular weight is 649 g/mol. The minimum atomic E-state index is -0.535. The molecule has 0 aromatic rings. The second-order valence-corrected chi connectivity index (χ2v) is 13.7. The van der Waals surface area contributed by atoms with Crippen molar-refractivity contribution in [2.75, 3.05) is 19.8 Å². The Morgan fingerprint density at radius 2 is 0.913 bits per heavy atom. The van der Waals surface area contributed by atoms with Gasteiger partial charge in [-0.25, -0.2) is 0 Å². The number of allylic oxidation sites excluding steroid dienone is 4. The minimum Gasteiger partial charge on any atom is -0.457 e. The van der Waals surface area contributed by atoms with Gasteiger partial charge in [-0.05, 0) is 44.9 Å². The molecular formula is C42H80O4. The summed E-state index contributed by atoms with van der Waals surface area (Å²) < 4.78 is 11.1. The molecule has 0 aliphatic rings. The van der Waals surface area contributed by atoms with Crippen molar-refractivity contribution in [3.05, 3.63) is 24.3 Å². The molecule has 0 bridgehead atoms. The molecule has 272 valence electrons. The van der Waals surface area contributed by atoms with Crippen LogP contribution in [-0.2, 0) is 14.3 Å². The highest BCUT2D eigenvalue weighted by Crippen LogP contribution is 2.15. The molecule has 4 heteroatoms. The molecule has 1 unspecified atom stereocenters. The van der Waals surface area contributed by atoms with Crippen molar-refractivity contribution in [3.8, 4) is 0 Å². The second kappa shape index (κ2) is 40.0. The lowest BCUT2D eigenvalue weighted by Crippen LogP contribution is -2.27. The van der Waals surface area contributed by atoms with Gasteiger partial charge in [0.15, 0.2) is 0 Å². The number of hydrogen-bond acceptors (Lipinski definition) is 4. The molecule has 4 nitrogen and oxygen atoms in total. The van der Waals surface area contributed by atoms with Gasteiger partial charge in [0.05, 0.1) is 13.2 Å². The topological polar surface area (TPSA) is 55.8 Å². The van der Waals surface area contributed by atoms with E-state index in [1.165, 1.54) is 167 Å². The van der Waals surface area contributed by atoms with Gasteiger partial charge >= 0.3 is 5.97 Å². The molecule has 0 aliphatic heterocycles. The second-order valence-electron chi connectivity index (χ2n) is 13.7. The lowest BCUT2D eigenvalue weighted by molar-refractivity contribution is -0.154. The molecule has 0 aromatic heterocycles.